The number of carbonyl (C=O) groups excluding carboxylic acids is 1. The summed E-state index contributed by atoms with van der Waals surface area (Å²) in [6.45, 7) is -0.0529. The Hall–Kier alpha value is -3.49. The summed E-state index contributed by atoms with van der Waals surface area (Å²) in [5.74, 6) is -1.50. The van der Waals surface area contributed by atoms with Gasteiger partial charge in [-0.25, -0.2) is 23.1 Å². The maximum atomic E-state index is 15.2. The van der Waals surface area contributed by atoms with E-state index in [1.807, 2.05) is 0 Å². The predicted molar refractivity (Wildman–Crippen MR) is 104 cm³/mol. The second kappa shape index (κ2) is 7.74. The van der Waals surface area contributed by atoms with E-state index in [0.29, 0.717) is 22.6 Å². The van der Waals surface area contributed by atoms with E-state index in [1.54, 1.807) is 24.3 Å². The smallest absolute Gasteiger partial charge is 0.228 e. The lowest BCUT2D eigenvalue weighted by Gasteiger charge is -2.20. The van der Waals surface area contributed by atoms with Crippen molar-refractivity contribution in [3.8, 4) is 11.3 Å². The molecule has 9 heteroatoms. The monoisotopic (exact) mass is 413 g/mol. The molecular weight excluding hydrogens is 395 g/mol. The molecule has 1 fully saturated rings. The molecule has 154 valence electrons. The van der Waals surface area contributed by atoms with Gasteiger partial charge in [0.1, 0.15) is 5.82 Å². The number of nitrogen functional groups attached to an aromatic ring is 1. The third kappa shape index (κ3) is 3.96. The second-order valence-electron chi connectivity index (χ2n) is 7.17. The third-order valence-corrected chi connectivity index (χ3v) is 5.06. The Bertz CT molecular complexity index is 1080. The van der Waals surface area contributed by atoms with Crippen LogP contribution in [0.15, 0.2) is 48.8 Å². The quantitative estimate of drug-likeness (QED) is 0.711. The summed E-state index contributed by atoms with van der Waals surface area (Å²) in [6.07, 6.45) is 1.71. The second-order valence-corrected chi connectivity index (χ2v) is 7.17. The van der Waals surface area contributed by atoms with Gasteiger partial charge in [-0.05, 0) is 36.4 Å². The van der Waals surface area contributed by atoms with E-state index in [0.717, 1.165) is 12.4 Å². The van der Waals surface area contributed by atoms with Gasteiger partial charge >= 0.3 is 0 Å². The van der Waals surface area contributed by atoms with E-state index in [-0.39, 0.29) is 43.5 Å². The fraction of sp³-hybridized carbons (Fsp3) is 0.238. The first-order valence-electron chi connectivity index (χ1n) is 9.30. The normalized spacial score (nSPS) is 18.6. The molecule has 0 bridgehead atoms. The maximum absolute atomic E-state index is 15.2. The molecular formula is C21H18F3N5O. The van der Waals surface area contributed by atoms with Crippen LogP contribution in [0, 0.1) is 11.6 Å². The number of carbonyl (C=O) groups is 1. The highest BCUT2D eigenvalue weighted by Crippen LogP contribution is 2.34. The Morgan fingerprint density at radius 3 is 2.47 bits per heavy atom. The first-order chi connectivity index (χ1) is 14.3. The number of anilines is 1. The van der Waals surface area contributed by atoms with Crippen molar-refractivity contribution in [2.75, 3.05) is 18.8 Å². The van der Waals surface area contributed by atoms with Gasteiger partial charge in [0.15, 0.2) is 17.3 Å². The van der Waals surface area contributed by atoms with Crippen molar-refractivity contribution in [3.05, 3.63) is 71.9 Å². The van der Waals surface area contributed by atoms with Gasteiger partial charge < -0.3 is 10.6 Å². The van der Waals surface area contributed by atoms with Crippen LogP contribution in [0.25, 0.3) is 11.3 Å². The number of alkyl halides is 1. The van der Waals surface area contributed by atoms with E-state index >= 15 is 4.39 Å². The van der Waals surface area contributed by atoms with Crippen molar-refractivity contribution in [3.63, 3.8) is 0 Å². The number of aromatic nitrogens is 3. The lowest BCUT2D eigenvalue weighted by molar-refractivity contribution is -0.130. The summed E-state index contributed by atoms with van der Waals surface area (Å²) in [5.41, 5.74) is 5.97. The third-order valence-electron chi connectivity index (χ3n) is 5.06. The van der Waals surface area contributed by atoms with Crippen molar-refractivity contribution < 1.29 is 18.0 Å². The fourth-order valence-electron chi connectivity index (χ4n) is 3.40. The zero-order valence-corrected chi connectivity index (χ0v) is 15.9. The first kappa shape index (κ1) is 19.8. The minimum absolute atomic E-state index is 0.0168. The van der Waals surface area contributed by atoms with Gasteiger partial charge in [0.25, 0.3) is 0 Å². The molecule has 1 aliphatic heterocycles. The Morgan fingerprint density at radius 1 is 1.07 bits per heavy atom. The molecule has 1 aliphatic rings. The average Bonchev–Trinajstić information content (AvgIpc) is 3.14. The lowest BCUT2D eigenvalue weighted by atomic mass is 10.1. The Kier molecular flexibility index (Phi) is 5.11. The number of rotatable bonds is 4. The van der Waals surface area contributed by atoms with Crippen LogP contribution in [0.5, 0.6) is 0 Å². The number of halogens is 3. The largest absolute Gasteiger partial charge is 0.397 e. The summed E-state index contributed by atoms with van der Waals surface area (Å²) in [5, 5.41) is 0. The average molecular weight is 413 g/mol. The molecule has 0 aliphatic carbocycles. The number of nitrogens with two attached hydrogens (primary N) is 1. The Balaban J connectivity index is 1.49. The summed E-state index contributed by atoms with van der Waals surface area (Å²) in [7, 11) is 0. The molecule has 0 radical (unpaired) electrons. The summed E-state index contributed by atoms with van der Waals surface area (Å²) >= 11 is 0. The van der Waals surface area contributed by atoms with Crippen molar-refractivity contribution >= 4 is 11.6 Å². The Labute approximate surface area is 170 Å². The number of benzene rings is 1. The van der Waals surface area contributed by atoms with Crippen LogP contribution in [-0.2, 0) is 16.9 Å². The minimum atomic E-state index is -1.93. The van der Waals surface area contributed by atoms with Crippen LogP contribution < -0.4 is 5.73 Å². The molecule has 30 heavy (non-hydrogen) atoms. The van der Waals surface area contributed by atoms with Gasteiger partial charge in [0.2, 0.25) is 5.91 Å². The first-order valence-corrected chi connectivity index (χ1v) is 9.30. The SMILES string of the molecule is Nc1ccc(-c2ccc(F)cc2)nc1CC(=O)N1CCC(F)(c2ncc(F)cn2)C1. The predicted octanol–water partition coefficient (Wildman–Crippen LogP) is 3.04. The molecule has 3 aromatic rings. The van der Waals surface area contributed by atoms with Gasteiger partial charge in [0, 0.05) is 18.5 Å². The molecule has 3 heterocycles. The lowest BCUT2D eigenvalue weighted by Crippen LogP contribution is -2.34. The van der Waals surface area contributed by atoms with Gasteiger partial charge in [-0.15, -0.1) is 0 Å². The highest BCUT2D eigenvalue weighted by Gasteiger charge is 2.44. The van der Waals surface area contributed by atoms with Gasteiger partial charge in [0.05, 0.1) is 42.4 Å². The molecule has 1 unspecified atom stereocenters. The minimum Gasteiger partial charge on any atom is -0.397 e. The number of likely N-dealkylation sites (tertiary alicyclic amines) is 1. The zero-order chi connectivity index (χ0) is 21.3. The summed E-state index contributed by atoms with van der Waals surface area (Å²) in [6, 6.07) is 9.12. The van der Waals surface area contributed by atoms with Crippen molar-refractivity contribution in [2.24, 2.45) is 0 Å². The van der Waals surface area contributed by atoms with Crippen LogP contribution in [-0.4, -0.2) is 38.8 Å². The standard InChI is InChI=1S/C21H18F3N5O/c22-14-3-1-13(2-4-14)17-6-5-16(25)18(28-17)9-19(30)29-8-7-21(24,12-29)20-26-10-15(23)11-27-20/h1-6,10-11H,7-9,12,25H2. The molecule has 0 saturated carbocycles. The molecule has 4 rings (SSSR count). The molecule has 1 aromatic carbocycles. The van der Waals surface area contributed by atoms with Crippen LogP contribution in [0.2, 0.25) is 0 Å². The van der Waals surface area contributed by atoms with Crippen molar-refractivity contribution in [2.45, 2.75) is 18.5 Å². The number of amides is 1. The number of hydrogen-bond acceptors (Lipinski definition) is 5. The molecule has 1 atom stereocenters. The van der Waals surface area contributed by atoms with E-state index in [2.05, 4.69) is 15.0 Å². The molecule has 0 spiro atoms. The Morgan fingerprint density at radius 2 is 1.77 bits per heavy atom. The maximum Gasteiger partial charge on any atom is 0.228 e. The fourth-order valence-corrected chi connectivity index (χ4v) is 3.40. The number of hydrogen-bond donors (Lipinski definition) is 1. The van der Waals surface area contributed by atoms with Gasteiger partial charge in [-0.3, -0.25) is 9.78 Å². The summed E-state index contributed by atoms with van der Waals surface area (Å²) in [4.78, 5) is 26.0. The molecule has 2 aromatic heterocycles. The molecule has 1 amide bonds. The van der Waals surface area contributed by atoms with Crippen LogP contribution in [0.4, 0.5) is 18.9 Å². The van der Waals surface area contributed by atoms with Gasteiger partial charge in [-0.1, -0.05) is 0 Å². The van der Waals surface area contributed by atoms with Crippen molar-refractivity contribution in [1.82, 2.24) is 19.9 Å². The van der Waals surface area contributed by atoms with Gasteiger partial charge in [-0.2, -0.15) is 0 Å². The topological polar surface area (TPSA) is 85.0 Å². The van der Waals surface area contributed by atoms with Crippen LogP contribution >= 0.6 is 0 Å². The highest BCUT2D eigenvalue weighted by atomic mass is 19.1. The highest BCUT2D eigenvalue weighted by molar-refractivity contribution is 5.80. The van der Waals surface area contributed by atoms with Crippen LogP contribution in [0.1, 0.15) is 17.9 Å². The van der Waals surface area contributed by atoms with E-state index < -0.39 is 11.5 Å². The zero-order valence-electron chi connectivity index (χ0n) is 15.9. The molecule has 2 N–H and O–H groups in total. The molecule has 6 nitrogen and oxygen atoms in total. The number of pyridine rings is 1. The van der Waals surface area contributed by atoms with Crippen LogP contribution in [0.3, 0.4) is 0 Å². The summed E-state index contributed by atoms with van der Waals surface area (Å²) < 4.78 is 41.4. The number of nitrogens with zero attached hydrogens (tertiary/aromatic N) is 4. The van der Waals surface area contributed by atoms with Crippen molar-refractivity contribution in [1.29, 1.82) is 0 Å². The van der Waals surface area contributed by atoms with E-state index in [1.165, 1.54) is 17.0 Å². The van der Waals surface area contributed by atoms with E-state index in [4.69, 9.17) is 5.73 Å². The molecule has 1 saturated heterocycles. The van der Waals surface area contributed by atoms with E-state index in [9.17, 15) is 13.6 Å².